The average Bonchev–Trinajstić information content (AvgIpc) is 3.15. The van der Waals surface area contributed by atoms with Crippen LogP contribution in [-0.4, -0.2) is 38.0 Å². The maximum Gasteiger partial charge on any atom is 0.296 e. The van der Waals surface area contributed by atoms with E-state index in [1.54, 1.807) is 4.52 Å². The minimum atomic E-state index is -0.689. The molecule has 0 saturated heterocycles. The second-order valence-corrected chi connectivity index (χ2v) is 5.36. The number of ether oxygens (including phenoxy) is 2. The van der Waals surface area contributed by atoms with Crippen LogP contribution in [0.15, 0.2) is 4.79 Å². The molecule has 1 saturated carbocycles. The number of fused-ring (bicyclic) bond motifs is 1. The highest BCUT2D eigenvalue weighted by atomic mass is 16.7. The minimum Gasteiger partial charge on any atom is -0.346 e. The summed E-state index contributed by atoms with van der Waals surface area (Å²) in [5, 5.41) is 12.6. The van der Waals surface area contributed by atoms with Gasteiger partial charge < -0.3 is 14.5 Å². The van der Waals surface area contributed by atoms with Crippen LogP contribution >= 0.6 is 0 Å². The predicted octanol–water partition coefficient (Wildman–Crippen LogP) is 1.54. The highest BCUT2D eigenvalue weighted by molar-refractivity contribution is 5.33. The molecule has 1 aliphatic carbocycles. The fraction of sp³-hybridized carbons (Fsp3) is 0.714. The summed E-state index contributed by atoms with van der Waals surface area (Å²) in [6.45, 7) is 4.66. The van der Waals surface area contributed by atoms with Gasteiger partial charge in [0.2, 0.25) is 11.9 Å². The number of hydrogen-bond acceptors (Lipinski definition) is 6. The maximum atomic E-state index is 12.2. The first-order valence-electron chi connectivity index (χ1n) is 7.83. The summed E-state index contributed by atoms with van der Waals surface area (Å²) in [7, 11) is 0. The summed E-state index contributed by atoms with van der Waals surface area (Å²) < 4.78 is 12.6. The molecule has 1 N–H and O–H groups in total. The summed E-state index contributed by atoms with van der Waals surface area (Å²) in [4.78, 5) is 14.9. The molecule has 0 bridgehead atoms. The van der Waals surface area contributed by atoms with Crippen LogP contribution in [0.3, 0.4) is 0 Å². The fourth-order valence-corrected chi connectivity index (χ4v) is 2.89. The zero-order valence-corrected chi connectivity index (χ0v) is 12.9. The lowest BCUT2D eigenvalue weighted by Gasteiger charge is -2.16. The molecular formula is C14H21N5O3. The van der Waals surface area contributed by atoms with Crippen molar-refractivity contribution in [1.29, 1.82) is 0 Å². The van der Waals surface area contributed by atoms with Crippen LogP contribution in [0.2, 0.25) is 0 Å². The van der Waals surface area contributed by atoms with Gasteiger partial charge >= 0.3 is 0 Å². The van der Waals surface area contributed by atoms with Crippen LogP contribution < -0.4 is 5.56 Å². The lowest BCUT2D eigenvalue weighted by atomic mass is 10.1. The molecule has 3 rings (SSSR count). The molecule has 0 radical (unpaired) electrons. The third kappa shape index (κ3) is 2.76. The zero-order chi connectivity index (χ0) is 15.5. The van der Waals surface area contributed by atoms with E-state index in [1.807, 2.05) is 13.8 Å². The molecule has 0 aromatic carbocycles. The van der Waals surface area contributed by atoms with Gasteiger partial charge in [-0.1, -0.05) is 12.8 Å². The van der Waals surface area contributed by atoms with Crippen LogP contribution in [0.4, 0.5) is 0 Å². The summed E-state index contributed by atoms with van der Waals surface area (Å²) in [5.74, 6) is 1.42. The molecule has 8 nitrogen and oxygen atoms in total. The smallest absolute Gasteiger partial charge is 0.296 e. The van der Waals surface area contributed by atoms with Gasteiger partial charge in [-0.3, -0.25) is 4.79 Å². The molecular weight excluding hydrogens is 286 g/mol. The van der Waals surface area contributed by atoms with Crippen LogP contribution in [0.5, 0.6) is 0 Å². The largest absolute Gasteiger partial charge is 0.346 e. The van der Waals surface area contributed by atoms with Gasteiger partial charge in [0.05, 0.1) is 0 Å². The van der Waals surface area contributed by atoms with Crippen molar-refractivity contribution in [2.24, 2.45) is 0 Å². The lowest BCUT2D eigenvalue weighted by Crippen LogP contribution is -2.22. The van der Waals surface area contributed by atoms with E-state index in [9.17, 15) is 4.79 Å². The van der Waals surface area contributed by atoms with Gasteiger partial charge in [-0.25, -0.2) is 0 Å². The molecule has 8 heteroatoms. The summed E-state index contributed by atoms with van der Waals surface area (Å²) >= 11 is 0. The number of nitrogens with one attached hydrogen (secondary N) is 1. The van der Waals surface area contributed by atoms with E-state index in [-0.39, 0.29) is 11.2 Å². The lowest BCUT2D eigenvalue weighted by molar-refractivity contribution is -0.145. The van der Waals surface area contributed by atoms with Gasteiger partial charge in [0.25, 0.3) is 5.56 Å². The molecule has 0 spiro atoms. The Balaban J connectivity index is 2.04. The van der Waals surface area contributed by atoms with E-state index >= 15 is 0 Å². The van der Waals surface area contributed by atoms with Gasteiger partial charge in [-0.2, -0.15) is 4.52 Å². The number of nitrogens with zero attached hydrogens (tertiary/aromatic N) is 4. The van der Waals surface area contributed by atoms with Gasteiger partial charge in [0, 0.05) is 19.1 Å². The van der Waals surface area contributed by atoms with Crippen molar-refractivity contribution < 1.29 is 9.47 Å². The number of aromatic amines is 1. The maximum absolute atomic E-state index is 12.2. The summed E-state index contributed by atoms with van der Waals surface area (Å²) in [6.07, 6.45) is 3.79. The first kappa shape index (κ1) is 15.1. The Morgan fingerprint density at radius 3 is 2.55 bits per heavy atom. The van der Waals surface area contributed by atoms with Crippen LogP contribution in [0, 0.1) is 0 Å². The van der Waals surface area contributed by atoms with E-state index in [2.05, 4.69) is 20.3 Å². The molecule has 0 atom stereocenters. The molecule has 22 heavy (non-hydrogen) atoms. The Labute approximate surface area is 127 Å². The van der Waals surface area contributed by atoms with Crippen LogP contribution in [0.25, 0.3) is 5.65 Å². The van der Waals surface area contributed by atoms with E-state index in [0.717, 1.165) is 18.7 Å². The molecule has 2 heterocycles. The number of aromatic nitrogens is 5. The van der Waals surface area contributed by atoms with E-state index in [0.29, 0.717) is 25.0 Å². The molecule has 1 fully saturated rings. The highest BCUT2D eigenvalue weighted by Gasteiger charge is 2.25. The van der Waals surface area contributed by atoms with Crippen molar-refractivity contribution in [3.63, 3.8) is 0 Å². The summed E-state index contributed by atoms with van der Waals surface area (Å²) in [5.41, 5.74) is -0.108. The molecule has 0 unspecified atom stereocenters. The Hall–Kier alpha value is -1.80. The van der Waals surface area contributed by atoms with Gasteiger partial charge in [0.1, 0.15) is 0 Å². The average molecular weight is 307 g/mol. The Morgan fingerprint density at radius 1 is 1.23 bits per heavy atom. The normalized spacial score (nSPS) is 16.1. The van der Waals surface area contributed by atoms with Gasteiger partial charge in [-0.05, 0) is 26.7 Å². The first-order chi connectivity index (χ1) is 10.7. The predicted molar refractivity (Wildman–Crippen MR) is 78.6 cm³/mol. The Kier molecular flexibility index (Phi) is 4.49. The minimum absolute atomic E-state index is 0.220. The first-order valence-corrected chi connectivity index (χ1v) is 7.83. The highest BCUT2D eigenvalue weighted by Crippen LogP contribution is 2.32. The molecule has 0 aliphatic heterocycles. The Bertz CT molecular complexity index is 683. The van der Waals surface area contributed by atoms with Crippen molar-refractivity contribution in [3.05, 3.63) is 22.0 Å². The van der Waals surface area contributed by atoms with Crippen LogP contribution in [0.1, 0.15) is 63.4 Å². The third-order valence-electron chi connectivity index (χ3n) is 3.90. The van der Waals surface area contributed by atoms with Crippen molar-refractivity contribution in [2.75, 3.05) is 13.2 Å². The topological polar surface area (TPSA) is 94.4 Å². The molecule has 2 aromatic rings. The monoisotopic (exact) mass is 307 g/mol. The number of H-pyrrole nitrogens is 1. The zero-order valence-electron chi connectivity index (χ0n) is 12.9. The molecule has 0 amide bonds. The standard InChI is InChI=1S/C14H21N5O3/c1-3-21-14(22-4-2)10-15-13(20)12-17-16-11(19(12)18-10)9-7-5-6-8-9/h9,14H,3-8H2,1-2H3,(H,15,18,20). The molecule has 120 valence electrons. The van der Waals surface area contributed by atoms with Gasteiger partial charge in [0.15, 0.2) is 11.6 Å². The Morgan fingerprint density at radius 2 is 1.91 bits per heavy atom. The van der Waals surface area contributed by atoms with E-state index in [1.165, 1.54) is 12.8 Å². The SMILES string of the molecule is CCOC(OCC)c1nn2c(C3CCCC3)nnc2c(=O)[nH]1. The summed E-state index contributed by atoms with van der Waals surface area (Å²) in [6, 6.07) is 0. The van der Waals surface area contributed by atoms with Crippen molar-refractivity contribution in [1.82, 2.24) is 24.8 Å². The van der Waals surface area contributed by atoms with E-state index in [4.69, 9.17) is 9.47 Å². The molecule has 1 aliphatic rings. The second kappa shape index (κ2) is 6.53. The number of rotatable bonds is 6. The van der Waals surface area contributed by atoms with Gasteiger partial charge in [-0.15, -0.1) is 15.3 Å². The third-order valence-corrected chi connectivity index (χ3v) is 3.90. The van der Waals surface area contributed by atoms with Crippen molar-refractivity contribution in [3.8, 4) is 0 Å². The van der Waals surface area contributed by atoms with Crippen LogP contribution in [-0.2, 0) is 9.47 Å². The number of hydrogen-bond donors (Lipinski definition) is 1. The fourth-order valence-electron chi connectivity index (χ4n) is 2.89. The van der Waals surface area contributed by atoms with E-state index < -0.39 is 6.29 Å². The van der Waals surface area contributed by atoms with Crippen molar-refractivity contribution in [2.45, 2.75) is 51.7 Å². The second-order valence-electron chi connectivity index (χ2n) is 5.36. The van der Waals surface area contributed by atoms with Crippen molar-refractivity contribution >= 4 is 5.65 Å². The molecule has 2 aromatic heterocycles. The quantitative estimate of drug-likeness (QED) is 0.814.